The van der Waals surface area contributed by atoms with E-state index < -0.39 is 41.1 Å². The predicted octanol–water partition coefficient (Wildman–Crippen LogP) is 4.20. The second-order valence-corrected chi connectivity index (χ2v) is 11.6. The van der Waals surface area contributed by atoms with Crippen LogP contribution in [0.5, 0.6) is 0 Å². The van der Waals surface area contributed by atoms with E-state index in [9.17, 15) is 19.5 Å². The highest BCUT2D eigenvalue weighted by Crippen LogP contribution is 2.64. The standard InChI is InChI=1S/C32H44N2O6/c1-6-9-13-20-39-30(38)26-25-28(36)34(24(21-35)23-15-11-10-12-16-23)27(32(25)18-17-31(26,5)40-32)29(37)33(19-8-3)22(4)14-7-2/h6,8,10-12,15-16,22,24-27,35H,1,3,7,9,13-14,17-21H2,2,4-5H3/t22?,24-,25+,26+,27?,31-,32?/m1/s1. The molecule has 1 aromatic rings. The molecule has 3 unspecified atom stereocenters. The van der Waals surface area contributed by atoms with Gasteiger partial charge in [-0.3, -0.25) is 14.4 Å². The number of amides is 2. The van der Waals surface area contributed by atoms with Gasteiger partial charge in [0, 0.05) is 12.6 Å². The molecule has 0 aliphatic carbocycles. The molecule has 3 aliphatic heterocycles. The Balaban J connectivity index is 1.80. The van der Waals surface area contributed by atoms with Crippen LogP contribution < -0.4 is 0 Å². The molecule has 0 radical (unpaired) electrons. The molecule has 8 nitrogen and oxygen atoms in total. The van der Waals surface area contributed by atoms with Gasteiger partial charge in [0.15, 0.2) is 0 Å². The predicted molar refractivity (Wildman–Crippen MR) is 152 cm³/mol. The molecule has 2 bridgehead atoms. The van der Waals surface area contributed by atoms with E-state index in [-0.39, 0.29) is 31.1 Å². The fourth-order valence-corrected chi connectivity index (χ4v) is 7.21. The number of ether oxygens (including phenoxy) is 2. The van der Waals surface area contributed by atoms with Crippen molar-refractivity contribution in [1.29, 1.82) is 0 Å². The quantitative estimate of drug-likeness (QED) is 0.211. The highest BCUT2D eigenvalue weighted by atomic mass is 16.6. The number of aliphatic hydroxyl groups excluding tert-OH is 1. The second-order valence-electron chi connectivity index (χ2n) is 11.6. The Morgan fingerprint density at radius 1 is 1.25 bits per heavy atom. The topological polar surface area (TPSA) is 96.4 Å². The summed E-state index contributed by atoms with van der Waals surface area (Å²) in [7, 11) is 0. The van der Waals surface area contributed by atoms with Gasteiger partial charge < -0.3 is 24.4 Å². The van der Waals surface area contributed by atoms with E-state index >= 15 is 0 Å². The van der Waals surface area contributed by atoms with Crippen LogP contribution in [0.2, 0.25) is 0 Å². The number of benzene rings is 1. The number of likely N-dealkylation sites (tertiary alicyclic amines) is 1. The summed E-state index contributed by atoms with van der Waals surface area (Å²) in [5, 5.41) is 10.6. The highest BCUT2D eigenvalue weighted by Gasteiger charge is 2.79. The van der Waals surface area contributed by atoms with Gasteiger partial charge in [-0.25, -0.2) is 0 Å². The summed E-state index contributed by atoms with van der Waals surface area (Å²) in [6, 6.07) is 7.37. The first-order chi connectivity index (χ1) is 19.2. The lowest BCUT2D eigenvalue weighted by atomic mass is 9.66. The number of carbonyl (C=O) groups is 3. The highest BCUT2D eigenvalue weighted by molar-refractivity contribution is 5.99. The van der Waals surface area contributed by atoms with Crippen molar-refractivity contribution in [2.75, 3.05) is 19.8 Å². The van der Waals surface area contributed by atoms with Crippen molar-refractivity contribution in [1.82, 2.24) is 9.80 Å². The van der Waals surface area contributed by atoms with Gasteiger partial charge in [0.2, 0.25) is 11.8 Å². The van der Waals surface area contributed by atoms with Crippen molar-refractivity contribution in [3.05, 3.63) is 61.2 Å². The molecule has 3 saturated heterocycles. The summed E-state index contributed by atoms with van der Waals surface area (Å²) in [4.78, 5) is 45.9. The van der Waals surface area contributed by atoms with Crippen molar-refractivity contribution in [3.63, 3.8) is 0 Å². The molecule has 0 aromatic heterocycles. The van der Waals surface area contributed by atoms with Crippen LogP contribution in [0.25, 0.3) is 0 Å². The van der Waals surface area contributed by atoms with Crippen LogP contribution in [0, 0.1) is 11.8 Å². The molecule has 3 fully saturated rings. The maximum absolute atomic E-state index is 14.6. The number of hydrogen-bond donors (Lipinski definition) is 1. The smallest absolute Gasteiger partial charge is 0.312 e. The van der Waals surface area contributed by atoms with Gasteiger partial charge in [-0.2, -0.15) is 0 Å². The Kier molecular flexibility index (Phi) is 9.20. The fraction of sp³-hybridized carbons (Fsp3) is 0.594. The zero-order valence-corrected chi connectivity index (χ0v) is 24.1. The van der Waals surface area contributed by atoms with Gasteiger partial charge in [0.1, 0.15) is 17.6 Å². The third-order valence-corrected chi connectivity index (χ3v) is 9.04. The number of hydrogen-bond acceptors (Lipinski definition) is 6. The minimum atomic E-state index is -1.19. The van der Waals surface area contributed by atoms with Crippen molar-refractivity contribution in [2.24, 2.45) is 11.8 Å². The van der Waals surface area contributed by atoms with Gasteiger partial charge in [-0.1, -0.05) is 55.8 Å². The largest absolute Gasteiger partial charge is 0.465 e. The summed E-state index contributed by atoms with van der Waals surface area (Å²) in [5.41, 5.74) is -1.39. The summed E-state index contributed by atoms with van der Waals surface area (Å²) < 4.78 is 12.4. The number of allylic oxidation sites excluding steroid dienone is 1. The fourth-order valence-electron chi connectivity index (χ4n) is 7.21. The number of carbonyl (C=O) groups excluding carboxylic acids is 3. The van der Waals surface area contributed by atoms with Gasteiger partial charge >= 0.3 is 5.97 Å². The van der Waals surface area contributed by atoms with E-state index in [1.165, 1.54) is 4.90 Å². The average Bonchev–Trinajstić information content (AvgIpc) is 3.51. The maximum atomic E-state index is 14.6. The minimum absolute atomic E-state index is 0.0907. The normalized spacial score (nSPS) is 30.1. The number of fused-ring (bicyclic) bond motifs is 1. The lowest BCUT2D eigenvalue weighted by Gasteiger charge is -2.41. The van der Waals surface area contributed by atoms with Gasteiger partial charge in [-0.15, -0.1) is 13.2 Å². The molecule has 1 N–H and O–H groups in total. The Hall–Kier alpha value is -2.97. The number of unbranched alkanes of at least 4 members (excludes halogenated alkanes) is 1. The van der Waals surface area contributed by atoms with Crippen LogP contribution in [0.4, 0.5) is 0 Å². The molecule has 40 heavy (non-hydrogen) atoms. The summed E-state index contributed by atoms with van der Waals surface area (Å²) >= 11 is 0. The Morgan fingerprint density at radius 3 is 2.60 bits per heavy atom. The van der Waals surface area contributed by atoms with Gasteiger partial charge in [-0.05, 0) is 51.5 Å². The van der Waals surface area contributed by atoms with E-state index in [0.717, 1.165) is 12.8 Å². The first kappa shape index (κ1) is 30.0. The maximum Gasteiger partial charge on any atom is 0.312 e. The molecule has 7 atom stereocenters. The van der Waals surface area contributed by atoms with Crippen LogP contribution in [0.15, 0.2) is 55.6 Å². The van der Waals surface area contributed by atoms with Crippen molar-refractivity contribution < 1.29 is 29.0 Å². The van der Waals surface area contributed by atoms with Crippen molar-refractivity contribution in [3.8, 4) is 0 Å². The van der Waals surface area contributed by atoms with E-state index in [0.29, 0.717) is 37.8 Å². The number of aliphatic hydroxyl groups is 1. The van der Waals surface area contributed by atoms with Gasteiger partial charge in [0.25, 0.3) is 0 Å². The van der Waals surface area contributed by atoms with Crippen LogP contribution in [0.3, 0.4) is 0 Å². The lowest BCUT2D eigenvalue weighted by Crippen LogP contribution is -2.58. The third kappa shape index (κ3) is 5.00. The number of rotatable bonds is 14. The van der Waals surface area contributed by atoms with E-state index in [2.05, 4.69) is 20.1 Å². The molecule has 1 spiro atoms. The SMILES string of the molecule is C=CCCCOC(=O)[C@@H]1[C@H]2C(=O)N([C@H](CO)c3ccccc3)C(C(=O)N(CC=C)C(C)CCC)C23CC[C@@]1(C)O3. The van der Waals surface area contributed by atoms with Crippen LogP contribution in [-0.2, 0) is 23.9 Å². The summed E-state index contributed by atoms with van der Waals surface area (Å²) in [5.74, 6) is -2.78. The first-order valence-electron chi connectivity index (χ1n) is 14.6. The van der Waals surface area contributed by atoms with Gasteiger partial charge in [0.05, 0.1) is 30.8 Å². The average molecular weight is 553 g/mol. The number of esters is 1. The molecule has 218 valence electrons. The van der Waals surface area contributed by atoms with Crippen molar-refractivity contribution >= 4 is 17.8 Å². The lowest BCUT2D eigenvalue weighted by molar-refractivity contribution is -0.162. The monoisotopic (exact) mass is 552 g/mol. The summed E-state index contributed by atoms with van der Waals surface area (Å²) in [6.07, 6.45) is 7.49. The van der Waals surface area contributed by atoms with Crippen LogP contribution in [-0.4, -0.2) is 75.7 Å². The Bertz CT molecular complexity index is 1110. The number of nitrogens with zero attached hydrogens (tertiary/aromatic N) is 2. The zero-order valence-electron chi connectivity index (χ0n) is 24.1. The molecular formula is C32H44N2O6. The van der Waals surface area contributed by atoms with E-state index in [1.54, 1.807) is 17.1 Å². The molecule has 3 heterocycles. The van der Waals surface area contributed by atoms with Crippen molar-refractivity contribution in [2.45, 2.75) is 88.6 Å². The second kappa shape index (κ2) is 12.3. The molecule has 8 heteroatoms. The van der Waals surface area contributed by atoms with E-state index in [4.69, 9.17) is 9.47 Å². The molecule has 2 amide bonds. The zero-order chi connectivity index (χ0) is 29.1. The molecule has 0 saturated carbocycles. The summed E-state index contributed by atoms with van der Waals surface area (Å²) in [6.45, 7) is 13.7. The Labute approximate surface area is 238 Å². The molecular weight excluding hydrogens is 508 g/mol. The third-order valence-electron chi connectivity index (χ3n) is 9.04. The molecule has 1 aromatic carbocycles. The minimum Gasteiger partial charge on any atom is -0.465 e. The first-order valence-corrected chi connectivity index (χ1v) is 14.6. The molecule has 3 aliphatic rings. The van der Waals surface area contributed by atoms with Crippen LogP contribution in [0.1, 0.15) is 70.9 Å². The van der Waals surface area contributed by atoms with Crippen LogP contribution >= 0.6 is 0 Å². The van der Waals surface area contributed by atoms with E-state index in [1.807, 2.05) is 44.2 Å². The Morgan fingerprint density at radius 2 is 1.98 bits per heavy atom. The molecule has 4 rings (SSSR count).